The average molecular weight is 310 g/mol. The van der Waals surface area contributed by atoms with E-state index >= 15 is 0 Å². The Labute approximate surface area is 126 Å². The van der Waals surface area contributed by atoms with Crippen LogP contribution in [0.2, 0.25) is 0 Å². The summed E-state index contributed by atoms with van der Waals surface area (Å²) in [6.07, 6.45) is 0.997. The molecule has 1 atom stereocenters. The Bertz CT molecular complexity index is 653. The third-order valence-electron chi connectivity index (χ3n) is 4.22. The van der Waals surface area contributed by atoms with Gasteiger partial charge in [0.2, 0.25) is 10.0 Å². The second kappa shape index (κ2) is 5.77. The van der Waals surface area contributed by atoms with Gasteiger partial charge in [-0.1, -0.05) is 19.9 Å². The van der Waals surface area contributed by atoms with Crippen molar-refractivity contribution in [3.63, 3.8) is 0 Å². The second-order valence-corrected chi connectivity index (χ2v) is 7.63. The number of carbonyl (C=O) groups is 1. The SMILES string of the molecule is Cc1ccc(S(N)(=O)=O)cc1C(=O)N1CCC(C(C)C)C1. The number of sulfonamides is 1. The zero-order chi connectivity index (χ0) is 15.8. The van der Waals surface area contributed by atoms with Crippen LogP contribution in [0.15, 0.2) is 23.1 Å². The number of aryl methyl sites for hydroxylation is 1. The van der Waals surface area contributed by atoms with Gasteiger partial charge < -0.3 is 4.90 Å². The summed E-state index contributed by atoms with van der Waals surface area (Å²) in [5.41, 5.74) is 1.19. The van der Waals surface area contributed by atoms with E-state index in [-0.39, 0.29) is 10.8 Å². The van der Waals surface area contributed by atoms with Gasteiger partial charge in [0.15, 0.2) is 0 Å². The molecule has 0 aliphatic carbocycles. The normalized spacial score (nSPS) is 19.3. The lowest BCUT2D eigenvalue weighted by molar-refractivity contribution is 0.0783. The van der Waals surface area contributed by atoms with E-state index in [0.29, 0.717) is 17.4 Å². The monoisotopic (exact) mass is 310 g/mol. The molecule has 1 fully saturated rings. The van der Waals surface area contributed by atoms with E-state index in [0.717, 1.165) is 25.1 Å². The molecule has 0 aromatic heterocycles. The van der Waals surface area contributed by atoms with Crippen LogP contribution in [0, 0.1) is 18.8 Å². The van der Waals surface area contributed by atoms with Crippen molar-refractivity contribution in [2.75, 3.05) is 13.1 Å². The molecule has 1 amide bonds. The summed E-state index contributed by atoms with van der Waals surface area (Å²) in [5, 5.41) is 5.14. The van der Waals surface area contributed by atoms with Gasteiger partial charge in [-0.25, -0.2) is 13.6 Å². The molecule has 1 aliphatic rings. The van der Waals surface area contributed by atoms with Crippen molar-refractivity contribution >= 4 is 15.9 Å². The van der Waals surface area contributed by atoms with Crippen molar-refractivity contribution in [1.29, 1.82) is 0 Å². The number of nitrogens with two attached hydrogens (primary N) is 1. The predicted molar refractivity (Wildman–Crippen MR) is 81.4 cm³/mol. The smallest absolute Gasteiger partial charge is 0.254 e. The van der Waals surface area contributed by atoms with Crippen molar-refractivity contribution < 1.29 is 13.2 Å². The number of primary sulfonamides is 1. The number of nitrogens with zero attached hydrogens (tertiary/aromatic N) is 1. The van der Waals surface area contributed by atoms with Gasteiger partial charge >= 0.3 is 0 Å². The van der Waals surface area contributed by atoms with E-state index in [1.54, 1.807) is 17.9 Å². The topological polar surface area (TPSA) is 80.5 Å². The Morgan fingerprint density at radius 1 is 1.38 bits per heavy atom. The molecule has 1 aliphatic heterocycles. The largest absolute Gasteiger partial charge is 0.338 e. The minimum absolute atomic E-state index is 0.0175. The van der Waals surface area contributed by atoms with E-state index in [1.165, 1.54) is 12.1 Å². The summed E-state index contributed by atoms with van der Waals surface area (Å²) < 4.78 is 22.9. The molecular formula is C15H22N2O3S. The van der Waals surface area contributed by atoms with Gasteiger partial charge in [0.25, 0.3) is 5.91 Å². The Hall–Kier alpha value is -1.40. The third-order valence-corrected chi connectivity index (χ3v) is 5.13. The molecule has 1 aromatic carbocycles. The summed E-state index contributed by atoms with van der Waals surface area (Å²) in [6, 6.07) is 4.45. The molecule has 116 valence electrons. The fourth-order valence-corrected chi connectivity index (χ4v) is 3.23. The van der Waals surface area contributed by atoms with Gasteiger partial charge in [0.05, 0.1) is 4.90 Å². The molecule has 21 heavy (non-hydrogen) atoms. The minimum atomic E-state index is -3.79. The van der Waals surface area contributed by atoms with E-state index in [1.807, 2.05) is 0 Å². The fraction of sp³-hybridized carbons (Fsp3) is 0.533. The van der Waals surface area contributed by atoms with Crippen molar-refractivity contribution in [2.45, 2.75) is 32.1 Å². The van der Waals surface area contributed by atoms with E-state index in [9.17, 15) is 13.2 Å². The maximum absolute atomic E-state index is 12.6. The molecule has 1 unspecified atom stereocenters. The first kappa shape index (κ1) is 16.0. The average Bonchev–Trinajstić information content (AvgIpc) is 2.86. The maximum atomic E-state index is 12.6. The van der Waals surface area contributed by atoms with Gasteiger partial charge in [-0.3, -0.25) is 4.79 Å². The zero-order valence-electron chi connectivity index (χ0n) is 12.7. The molecule has 2 rings (SSSR count). The number of hydrogen-bond acceptors (Lipinski definition) is 3. The molecule has 2 N–H and O–H groups in total. The number of carbonyl (C=O) groups excluding carboxylic acids is 1. The van der Waals surface area contributed by atoms with Gasteiger partial charge in [-0.15, -0.1) is 0 Å². The standard InChI is InChI=1S/C15H22N2O3S/c1-10(2)12-6-7-17(9-12)15(18)14-8-13(21(16,19)20)5-4-11(14)3/h4-5,8,10,12H,6-7,9H2,1-3H3,(H2,16,19,20). The molecule has 1 aromatic rings. The van der Waals surface area contributed by atoms with Crippen LogP contribution in [0.25, 0.3) is 0 Å². The summed E-state index contributed by atoms with van der Waals surface area (Å²) >= 11 is 0. The van der Waals surface area contributed by atoms with Crippen LogP contribution in [0.5, 0.6) is 0 Å². The lowest BCUT2D eigenvalue weighted by Crippen LogP contribution is -2.30. The number of hydrogen-bond donors (Lipinski definition) is 1. The number of likely N-dealkylation sites (tertiary alicyclic amines) is 1. The zero-order valence-corrected chi connectivity index (χ0v) is 13.5. The lowest BCUT2D eigenvalue weighted by Gasteiger charge is -2.19. The highest BCUT2D eigenvalue weighted by molar-refractivity contribution is 7.89. The van der Waals surface area contributed by atoms with Crippen LogP contribution in [0.4, 0.5) is 0 Å². The summed E-state index contributed by atoms with van der Waals surface area (Å²) in [6.45, 7) is 7.57. The second-order valence-electron chi connectivity index (χ2n) is 6.07. The molecule has 0 bridgehead atoms. The van der Waals surface area contributed by atoms with Crippen LogP contribution < -0.4 is 5.14 Å². The lowest BCUT2D eigenvalue weighted by atomic mass is 9.95. The van der Waals surface area contributed by atoms with Gasteiger partial charge in [-0.05, 0) is 42.9 Å². The summed E-state index contributed by atoms with van der Waals surface area (Å²) in [7, 11) is -3.79. The third kappa shape index (κ3) is 3.44. The Morgan fingerprint density at radius 2 is 2.05 bits per heavy atom. The Morgan fingerprint density at radius 3 is 2.57 bits per heavy atom. The van der Waals surface area contributed by atoms with E-state index in [4.69, 9.17) is 5.14 Å². The van der Waals surface area contributed by atoms with Gasteiger partial charge in [0.1, 0.15) is 0 Å². The minimum Gasteiger partial charge on any atom is -0.338 e. The van der Waals surface area contributed by atoms with Crippen molar-refractivity contribution in [1.82, 2.24) is 4.90 Å². The number of benzene rings is 1. The van der Waals surface area contributed by atoms with Gasteiger partial charge in [0, 0.05) is 18.7 Å². The highest BCUT2D eigenvalue weighted by Gasteiger charge is 2.29. The molecule has 1 heterocycles. The van der Waals surface area contributed by atoms with Crippen molar-refractivity contribution in [3.8, 4) is 0 Å². The van der Waals surface area contributed by atoms with Gasteiger partial charge in [-0.2, -0.15) is 0 Å². The molecule has 5 nitrogen and oxygen atoms in total. The molecule has 6 heteroatoms. The predicted octanol–water partition coefficient (Wildman–Crippen LogP) is 1.76. The number of amides is 1. The first-order chi connectivity index (χ1) is 9.70. The highest BCUT2D eigenvalue weighted by Crippen LogP contribution is 2.26. The fourth-order valence-electron chi connectivity index (χ4n) is 2.69. The summed E-state index contributed by atoms with van der Waals surface area (Å²) in [4.78, 5) is 14.4. The molecule has 0 saturated carbocycles. The van der Waals surface area contributed by atoms with Crippen molar-refractivity contribution in [2.24, 2.45) is 17.0 Å². The Balaban J connectivity index is 2.28. The van der Waals surface area contributed by atoms with Crippen LogP contribution in [0.3, 0.4) is 0 Å². The van der Waals surface area contributed by atoms with Crippen LogP contribution in [-0.2, 0) is 10.0 Å². The first-order valence-electron chi connectivity index (χ1n) is 7.13. The van der Waals surface area contributed by atoms with Crippen LogP contribution >= 0.6 is 0 Å². The van der Waals surface area contributed by atoms with Crippen molar-refractivity contribution in [3.05, 3.63) is 29.3 Å². The molecular weight excluding hydrogens is 288 g/mol. The van der Waals surface area contributed by atoms with Crippen LogP contribution in [0.1, 0.15) is 36.2 Å². The molecule has 0 spiro atoms. The van der Waals surface area contributed by atoms with Crippen LogP contribution in [-0.4, -0.2) is 32.3 Å². The Kier molecular flexibility index (Phi) is 4.39. The quantitative estimate of drug-likeness (QED) is 0.923. The molecule has 1 saturated heterocycles. The maximum Gasteiger partial charge on any atom is 0.254 e. The number of rotatable bonds is 3. The van der Waals surface area contributed by atoms with E-state index < -0.39 is 10.0 Å². The van der Waals surface area contributed by atoms with E-state index in [2.05, 4.69) is 13.8 Å². The molecule has 0 radical (unpaired) electrons. The highest BCUT2D eigenvalue weighted by atomic mass is 32.2. The summed E-state index contributed by atoms with van der Waals surface area (Å²) in [5.74, 6) is 0.941. The first-order valence-corrected chi connectivity index (χ1v) is 8.67.